The number of carbonyl (C=O) groups excluding carboxylic acids is 1. The van der Waals surface area contributed by atoms with Crippen LogP contribution in [-0.2, 0) is 18.2 Å². The number of rotatable bonds is 8. The summed E-state index contributed by atoms with van der Waals surface area (Å²) in [6.45, 7) is 5.37. The molecule has 10 heteroatoms. The molecule has 1 aromatic carbocycles. The number of piperazine rings is 1. The third kappa shape index (κ3) is 6.50. The maximum absolute atomic E-state index is 12.3. The number of amides is 1. The molecule has 174 valence electrons. The molecule has 0 aliphatic carbocycles. The highest BCUT2D eigenvalue weighted by Crippen LogP contribution is 2.14. The smallest absolute Gasteiger partial charge is 0.411 e. The van der Waals surface area contributed by atoms with Crippen LogP contribution in [0.5, 0.6) is 0 Å². The molecule has 2 aromatic heterocycles. The van der Waals surface area contributed by atoms with E-state index in [1.165, 1.54) is 6.07 Å². The lowest BCUT2D eigenvalue weighted by Crippen LogP contribution is -2.43. The van der Waals surface area contributed by atoms with Gasteiger partial charge in [-0.25, -0.2) is 9.48 Å². The number of nitrogens with zero attached hydrogens (tertiary/aromatic N) is 5. The van der Waals surface area contributed by atoms with Crippen molar-refractivity contribution in [1.29, 1.82) is 0 Å². The summed E-state index contributed by atoms with van der Waals surface area (Å²) in [6.07, 6.45) is 5.79. The molecule has 4 rings (SSSR count). The maximum Gasteiger partial charge on any atom is 0.411 e. The minimum Gasteiger partial charge on any atom is -0.449 e. The van der Waals surface area contributed by atoms with Gasteiger partial charge >= 0.3 is 6.09 Å². The highest BCUT2D eigenvalue weighted by atomic mass is 16.5. The zero-order valence-electron chi connectivity index (χ0n) is 18.7. The molecule has 3 aromatic rings. The first-order chi connectivity index (χ1) is 16.1. The molecule has 0 radical (unpaired) electrons. The molecule has 2 N–H and O–H groups in total. The SMILES string of the molecule is Cn1cc(-n2ccc(=O)c(Cc3cccc(NC(=O)OCCCN4CCNCC4)c3)n2)cn1. The van der Waals surface area contributed by atoms with Crippen LogP contribution in [0, 0.1) is 0 Å². The summed E-state index contributed by atoms with van der Waals surface area (Å²) in [5, 5.41) is 14.7. The van der Waals surface area contributed by atoms with E-state index >= 15 is 0 Å². The van der Waals surface area contributed by atoms with Crippen molar-refractivity contribution >= 4 is 11.8 Å². The molecule has 0 bridgehead atoms. The lowest BCUT2D eigenvalue weighted by atomic mass is 10.1. The fourth-order valence-electron chi connectivity index (χ4n) is 3.73. The van der Waals surface area contributed by atoms with Gasteiger partial charge in [0, 0.05) is 64.1 Å². The van der Waals surface area contributed by atoms with Crippen LogP contribution >= 0.6 is 0 Å². The molecular formula is C23H29N7O3. The van der Waals surface area contributed by atoms with Gasteiger partial charge in [-0.15, -0.1) is 0 Å². The number of carbonyl (C=O) groups is 1. The van der Waals surface area contributed by atoms with Crippen molar-refractivity contribution in [3.63, 3.8) is 0 Å². The number of anilines is 1. The lowest BCUT2D eigenvalue weighted by Gasteiger charge is -2.26. The Balaban J connectivity index is 1.31. The van der Waals surface area contributed by atoms with E-state index < -0.39 is 6.09 Å². The van der Waals surface area contributed by atoms with E-state index in [4.69, 9.17) is 4.74 Å². The number of ether oxygens (including phenoxy) is 1. The van der Waals surface area contributed by atoms with Gasteiger partial charge < -0.3 is 15.0 Å². The van der Waals surface area contributed by atoms with Crippen molar-refractivity contribution in [2.24, 2.45) is 7.05 Å². The Bertz CT molecular complexity index is 1130. The number of hydrogen-bond acceptors (Lipinski definition) is 7. The Kier molecular flexibility index (Phi) is 7.48. The predicted molar refractivity (Wildman–Crippen MR) is 125 cm³/mol. The molecule has 1 aliphatic heterocycles. The number of nitrogens with one attached hydrogen (secondary N) is 2. The van der Waals surface area contributed by atoms with Crippen LogP contribution < -0.4 is 16.1 Å². The molecule has 1 fully saturated rings. The van der Waals surface area contributed by atoms with Crippen molar-refractivity contribution in [3.05, 3.63) is 70.4 Å². The first kappa shape index (κ1) is 22.7. The van der Waals surface area contributed by atoms with E-state index in [9.17, 15) is 9.59 Å². The van der Waals surface area contributed by atoms with Gasteiger partial charge in [0.25, 0.3) is 0 Å². The normalized spacial score (nSPS) is 14.2. The summed E-state index contributed by atoms with van der Waals surface area (Å²) in [4.78, 5) is 26.9. The second-order valence-corrected chi connectivity index (χ2v) is 8.03. The molecule has 33 heavy (non-hydrogen) atoms. The summed E-state index contributed by atoms with van der Waals surface area (Å²) in [5.74, 6) is 0. The zero-order valence-corrected chi connectivity index (χ0v) is 18.7. The van der Waals surface area contributed by atoms with Gasteiger partial charge in [-0.3, -0.25) is 14.8 Å². The molecule has 1 amide bonds. The van der Waals surface area contributed by atoms with Crippen LogP contribution in [0.1, 0.15) is 17.7 Å². The van der Waals surface area contributed by atoms with Crippen molar-refractivity contribution in [1.82, 2.24) is 29.8 Å². The van der Waals surface area contributed by atoms with Gasteiger partial charge in [-0.1, -0.05) is 12.1 Å². The summed E-state index contributed by atoms with van der Waals surface area (Å²) in [5.41, 5.74) is 2.52. The van der Waals surface area contributed by atoms with Gasteiger partial charge in [0.2, 0.25) is 5.43 Å². The van der Waals surface area contributed by atoms with Gasteiger partial charge in [0.15, 0.2) is 0 Å². The summed E-state index contributed by atoms with van der Waals surface area (Å²) >= 11 is 0. The van der Waals surface area contributed by atoms with Crippen LogP contribution in [0.4, 0.5) is 10.5 Å². The van der Waals surface area contributed by atoms with Crippen molar-refractivity contribution in [3.8, 4) is 5.69 Å². The van der Waals surface area contributed by atoms with E-state index in [0.717, 1.165) is 50.4 Å². The second kappa shape index (κ2) is 10.9. The number of hydrogen-bond donors (Lipinski definition) is 2. The Morgan fingerprint density at radius 3 is 2.88 bits per heavy atom. The minimum absolute atomic E-state index is 0.141. The van der Waals surface area contributed by atoms with Crippen LogP contribution in [0.25, 0.3) is 5.69 Å². The minimum atomic E-state index is -0.482. The fraction of sp³-hybridized carbons (Fsp3) is 0.391. The van der Waals surface area contributed by atoms with Crippen LogP contribution in [0.15, 0.2) is 53.7 Å². The van der Waals surface area contributed by atoms with Crippen LogP contribution in [0.2, 0.25) is 0 Å². The van der Waals surface area contributed by atoms with Gasteiger partial charge in [0.1, 0.15) is 11.4 Å². The van der Waals surface area contributed by atoms with Gasteiger partial charge in [-0.05, 0) is 24.1 Å². The Labute approximate surface area is 192 Å². The standard InChI is InChI=1S/C23H29N7O3/c1-28-17-20(16-25-28)30-10-6-22(31)21(27-30)15-18-4-2-5-19(14-18)26-23(32)33-13-3-9-29-11-7-24-8-12-29/h2,4-6,10,14,16-17,24H,3,7-9,11-13,15H2,1H3,(H,26,32). The average molecular weight is 452 g/mol. The largest absolute Gasteiger partial charge is 0.449 e. The van der Waals surface area contributed by atoms with Crippen LogP contribution in [0.3, 0.4) is 0 Å². The molecule has 10 nitrogen and oxygen atoms in total. The van der Waals surface area contributed by atoms with E-state index in [1.54, 1.807) is 27.8 Å². The summed E-state index contributed by atoms with van der Waals surface area (Å²) in [7, 11) is 1.82. The van der Waals surface area contributed by atoms with E-state index in [2.05, 4.69) is 25.7 Å². The van der Waals surface area contributed by atoms with Crippen LogP contribution in [-0.4, -0.2) is 69.9 Å². The topological polar surface area (TPSA) is 106 Å². The number of aromatic nitrogens is 4. The van der Waals surface area contributed by atoms with E-state index in [1.807, 2.05) is 31.4 Å². The maximum atomic E-state index is 12.3. The Hall–Kier alpha value is -3.50. The quantitative estimate of drug-likeness (QED) is 0.499. The second-order valence-electron chi connectivity index (χ2n) is 8.03. The third-order valence-electron chi connectivity index (χ3n) is 5.44. The first-order valence-electron chi connectivity index (χ1n) is 11.1. The van der Waals surface area contributed by atoms with Crippen molar-refractivity contribution < 1.29 is 9.53 Å². The molecule has 0 unspecified atom stereocenters. The van der Waals surface area contributed by atoms with Gasteiger partial charge in [-0.2, -0.15) is 10.2 Å². The molecule has 0 spiro atoms. The summed E-state index contributed by atoms with van der Waals surface area (Å²) < 4.78 is 8.62. The lowest BCUT2D eigenvalue weighted by molar-refractivity contribution is 0.149. The molecule has 1 aliphatic rings. The highest BCUT2D eigenvalue weighted by Gasteiger charge is 2.11. The van der Waals surface area contributed by atoms with E-state index in [0.29, 0.717) is 24.4 Å². The Morgan fingerprint density at radius 2 is 2.09 bits per heavy atom. The molecular weight excluding hydrogens is 422 g/mol. The third-order valence-corrected chi connectivity index (χ3v) is 5.44. The number of benzene rings is 1. The summed E-state index contributed by atoms with van der Waals surface area (Å²) in [6, 6.07) is 8.84. The number of aryl methyl sites for hydroxylation is 1. The van der Waals surface area contributed by atoms with E-state index in [-0.39, 0.29) is 5.43 Å². The average Bonchev–Trinajstić information content (AvgIpc) is 3.25. The first-order valence-corrected chi connectivity index (χ1v) is 11.1. The van der Waals surface area contributed by atoms with Crippen molar-refractivity contribution in [2.75, 3.05) is 44.6 Å². The molecule has 3 heterocycles. The Morgan fingerprint density at radius 1 is 1.24 bits per heavy atom. The zero-order chi connectivity index (χ0) is 23.0. The monoisotopic (exact) mass is 451 g/mol. The van der Waals surface area contributed by atoms with Crippen molar-refractivity contribution in [2.45, 2.75) is 12.8 Å². The molecule has 0 saturated carbocycles. The fourth-order valence-corrected chi connectivity index (χ4v) is 3.73. The van der Waals surface area contributed by atoms with Gasteiger partial charge in [0.05, 0.1) is 19.0 Å². The molecule has 0 atom stereocenters. The predicted octanol–water partition coefficient (Wildman–Crippen LogP) is 1.40. The molecule has 1 saturated heterocycles. The highest BCUT2D eigenvalue weighted by molar-refractivity contribution is 5.84.